The van der Waals surface area contributed by atoms with Gasteiger partial charge in [0, 0.05) is 6.20 Å². The molecule has 0 aliphatic rings. The third-order valence-electron chi connectivity index (χ3n) is 2.11. The van der Waals surface area contributed by atoms with Gasteiger partial charge in [-0.05, 0) is 19.1 Å². The first kappa shape index (κ1) is 12.5. The maximum absolute atomic E-state index is 12.4. The third-order valence-corrected chi connectivity index (χ3v) is 2.11. The SMILES string of the molecule is COC(=O)C(C)c1cc(C(F)(F)F)ccn1. The topological polar surface area (TPSA) is 39.2 Å². The molecular weight excluding hydrogens is 223 g/mol. The average molecular weight is 233 g/mol. The number of rotatable bonds is 2. The van der Waals surface area contributed by atoms with Crippen LogP contribution in [0.5, 0.6) is 0 Å². The summed E-state index contributed by atoms with van der Waals surface area (Å²) in [6.07, 6.45) is -3.41. The van der Waals surface area contributed by atoms with Gasteiger partial charge in [-0.2, -0.15) is 13.2 Å². The Balaban J connectivity index is 3.04. The number of carbonyl (C=O) groups is 1. The van der Waals surface area contributed by atoms with Gasteiger partial charge in [0.25, 0.3) is 0 Å². The maximum atomic E-state index is 12.4. The summed E-state index contributed by atoms with van der Waals surface area (Å²) in [6, 6.07) is 1.70. The number of pyridine rings is 1. The van der Waals surface area contributed by atoms with Gasteiger partial charge in [0.05, 0.1) is 24.3 Å². The Labute approximate surface area is 90.2 Å². The molecule has 88 valence electrons. The second kappa shape index (κ2) is 4.51. The molecule has 0 spiro atoms. The third kappa shape index (κ3) is 2.71. The highest BCUT2D eigenvalue weighted by Crippen LogP contribution is 2.30. The van der Waals surface area contributed by atoms with Crippen LogP contribution in [0.3, 0.4) is 0 Å². The first-order valence-corrected chi connectivity index (χ1v) is 4.47. The number of hydrogen-bond acceptors (Lipinski definition) is 3. The zero-order valence-corrected chi connectivity index (χ0v) is 8.71. The first-order valence-electron chi connectivity index (χ1n) is 4.47. The van der Waals surface area contributed by atoms with Gasteiger partial charge in [-0.15, -0.1) is 0 Å². The van der Waals surface area contributed by atoms with Gasteiger partial charge in [0.1, 0.15) is 0 Å². The van der Waals surface area contributed by atoms with Crippen LogP contribution in [0.2, 0.25) is 0 Å². The van der Waals surface area contributed by atoms with Crippen LogP contribution in [-0.2, 0) is 15.7 Å². The molecule has 16 heavy (non-hydrogen) atoms. The Bertz CT molecular complexity index is 390. The van der Waals surface area contributed by atoms with Gasteiger partial charge in [-0.3, -0.25) is 9.78 Å². The van der Waals surface area contributed by atoms with E-state index in [4.69, 9.17) is 0 Å². The average Bonchev–Trinajstić information content (AvgIpc) is 2.26. The molecule has 0 aliphatic carbocycles. The van der Waals surface area contributed by atoms with Crippen molar-refractivity contribution in [2.24, 2.45) is 0 Å². The van der Waals surface area contributed by atoms with Crippen LogP contribution in [0.1, 0.15) is 24.1 Å². The van der Waals surface area contributed by atoms with Crippen LogP contribution >= 0.6 is 0 Å². The van der Waals surface area contributed by atoms with E-state index in [0.29, 0.717) is 0 Å². The van der Waals surface area contributed by atoms with E-state index < -0.39 is 23.6 Å². The van der Waals surface area contributed by atoms with Crippen molar-refractivity contribution >= 4 is 5.97 Å². The van der Waals surface area contributed by atoms with E-state index in [1.807, 2.05) is 0 Å². The van der Waals surface area contributed by atoms with Gasteiger partial charge in [-0.25, -0.2) is 0 Å². The highest BCUT2D eigenvalue weighted by Gasteiger charge is 2.31. The Morgan fingerprint density at radius 1 is 1.50 bits per heavy atom. The van der Waals surface area contributed by atoms with Crippen LogP contribution in [0.25, 0.3) is 0 Å². The van der Waals surface area contributed by atoms with Crippen molar-refractivity contribution in [3.63, 3.8) is 0 Å². The Morgan fingerprint density at radius 2 is 2.12 bits per heavy atom. The molecule has 0 radical (unpaired) electrons. The summed E-state index contributed by atoms with van der Waals surface area (Å²) >= 11 is 0. The van der Waals surface area contributed by atoms with E-state index in [0.717, 1.165) is 18.3 Å². The van der Waals surface area contributed by atoms with Crippen LogP contribution < -0.4 is 0 Å². The molecule has 0 saturated carbocycles. The number of nitrogens with zero attached hydrogens (tertiary/aromatic N) is 1. The minimum Gasteiger partial charge on any atom is -0.469 e. The van der Waals surface area contributed by atoms with Crippen molar-refractivity contribution < 1.29 is 22.7 Å². The molecular formula is C10H10F3NO2. The van der Waals surface area contributed by atoms with Crippen LogP contribution in [0, 0.1) is 0 Å². The highest BCUT2D eigenvalue weighted by molar-refractivity contribution is 5.76. The van der Waals surface area contributed by atoms with E-state index in [2.05, 4.69) is 9.72 Å². The molecule has 0 amide bonds. The standard InChI is InChI=1S/C10H10F3NO2/c1-6(9(15)16-2)8-5-7(3-4-14-8)10(11,12)13/h3-6H,1-2H3. The summed E-state index contributed by atoms with van der Waals surface area (Å²) in [4.78, 5) is 14.9. The molecule has 1 aromatic rings. The predicted molar refractivity (Wildman–Crippen MR) is 49.7 cm³/mol. The number of esters is 1. The van der Waals surface area contributed by atoms with Crippen molar-refractivity contribution in [2.75, 3.05) is 7.11 Å². The number of ether oxygens (including phenoxy) is 1. The molecule has 1 rings (SSSR count). The van der Waals surface area contributed by atoms with Crippen LogP contribution in [-0.4, -0.2) is 18.1 Å². The molecule has 1 atom stereocenters. The molecule has 0 aliphatic heterocycles. The van der Waals surface area contributed by atoms with E-state index >= 15 is 0 Å². The van der Waals surface area contributed by atoms with E-state index in [-0.39, 0.29) is 5.69 Å². The van der Waals surface area contributed by atoms with Gasteiger partial charge in [0.2, 0.25) is 0 Å². The van der Waals surface area contributed by atoms with E-state index in [1.165, 1.54) is 14.0 Å². The Morgan fingerprint density at radius 3 is 2.62 bits per heavy atom. The first-order chi connectivity index (χ1) is 7.36. The summed E-state index contributed by atoms with van der Waals surface area (Å²) < 4.78 is 41.5. The number of aromatic nitrogens is 1. The van der Waals surface area contributed by atoms with Crippen molar-refractivity contribution in [3.05, 3.63) is 29.6 Å². The van der Waals surface area contributed by atoms with Crippen LogP contribution in [0.4, 0.5) is 13.2 Å². The summed E-state index contributed by atoms with van der Waals surface area (Å²) in [7, 11) is 1.17. The number of halogens is 3. The summed E-state index contributed by atoms with van der Waals surface area (Å²) in [5.41, 5.74) is -0.782. The van der Waals surface area contributed by atoms with Crippen molar-refractivity contribution in [3.8, 4) is 0 Å². The molecule has 3 nitrogen and oxygen atoms in total. The second-order valence-electron chi connectivity index (χ2n) is 3.21. The largest absolute Gasteiger partial charge is 0.469 e. The molecule has 6 heteroatoms. The number of hydrogen-bond donors (Lipinski definition) is 0. The minimum atomic E-state index is -4.44. The molecule has 0 N–H and O–H groups in total. The van der Waals surface area contributed by atoms with E-state index in [1.54, 1.807) is 0 Å². The Kier molecular flexibility index (Phi) is 3.51. The molecule has 0 bridgehead atoms. The second-order valence-corrected chi connectivity index (χ2v) is 3.21. The molecule has 1 aromatic heterocycles. The molecule has 0 saturated heterocycles. The summed E-state index contributed by atoms with van der Waals surface area (Å²) in [5.74, 6) is -1.43. The van der Waals surface area contributed by atoms with Crippen molar-refractivity contribution in [1.82, 2.24) is 4.98 Å². The van der Waals surface area contributed by atoms with Crippen molar-refractivity contribution in [2.45, 2.75) is 19.0 Å². The monoisotopic (exact) mass is 233 g/mol. The van der Waals surface area contributed by atoms with Gasteiger partial charge >= 0.3 is 12.1 Å². The summed E-state index contributed by atoms with van der Waals surface area (Å²) in [5, 5.41) is 0. The van der Waals surface area contributed by atoms with Gasteiger partial charge in [-0.1, -0.05) is 0 Å². The molecule has 1 heterocycles. The number of carbonyl (C=O) groups excluding carboxylic acids is 1. The highest BCUT2D eigenvalue weighted by atomic mass is 19.4. The zero-order valence-electron chi connectivity index (χ0n) is 8.71. The lowest BCUT2D eigenvalue weighted by molar-refractivity contribution is -0.142. The zero-order chi connectivity index (χ0) is 12.3. The maximum Gasteiger partial charge on any atom is 0.416 e. The lowest BCUT2D eigenvalue weighted by Crippen LogP contribution is -2.14. The fourth-order valence-corrected chi connectivity index (χ4v) is 1.16. The van der Waals surface area contributed by atoms with E-state index in [9.17, 15) is 18.0 Å². The number of alkyl halides is 3. The van der Waals surface area contributed by atoms with Gasteiger partial charge in [0.15, 0.2) is 0 Å². The lowest BCUT2D eigenvalue weighted by atomic mass is 10.1. The predicted octanol–water partition coefficient (Wildman–Crippen LogP) is 2.38. The van der Waals surface area contributed by atoms with Crippen molar-refractivity contribution in [1.29, 1.82) is 0 Å². The normalized spacial score (nSPS) is 13.3. The summed E-state index contributed by atoms with van der Waals surface area (Å²) in [6.45, 7) is 1.44. The number of methoxy groups -OCH3 is 1. The molecule has 1 unspecified atom stereocenters. The fourth-order valence-electron chi connectivity index (χ4n) is 1.16. The molecule has 0 aromatic carbocycles. The smallest absolute Gasteiger partial charge is 0.416 e. The van der Waals surface area contributed by atoms with Crippen LogP contribution in [0.15, 0.2) is 18.3 Å². The minimum absolute atomic E-state index is 0.0432. The van der Waals surface area contributed by atoms with Gasteiger partial charge < -0.3 is 4.74 Å². The quantitative estimate of drug-likeness (QED) is 0.736. The Hall–Kier alpha value is -1.59. The lowest BCUT2D eigenvalue weighted by Gasteiger charge is -2.11. The fraction of sp³-hybridized carbons (Fsp3) is 0.400. The molecule has 0 fully saturated rings.